The summed E-state index contributed by atoms with van der Waals surface area (Å²) in [4.78, 5) is 0. The number of rotatable bonds is 3. The van der Waals surface area contributed by atoms with E-state index in [1.54, 1.807) is 6.07 Å². The van der Waals surface area contributed by atoms with Crippen molar-refractivity contribution in [2.24, 2.45) is 7.05 Å². The van der Waals surface area contributed by atoms with Gasteiger partial charge in [0.1, 0.15) is 5.82 Å². The lowest BCUT2D eigenvalue weighted by Gasteiger charge is -2.06. The third kappa shape index (κ3) is 2.24. The molecule has 0 bridgehead atoms. The van der Waals surface area contributed by atoms with Gasteiger partial charge in [0.15, 0.2) is 0 Å². The van der Waals surface area contributed by atoms with Gasteiger partial charge in [0.25, 0.3) is 0 Å². The normalized spacial score (nSPS) is 11.6. The highest BCUT2D eigenvalue weighted by atomic mass is 32.2. The van der Waals surface area contributed by atoms with E-state index in [-0.39, 0.29) is 5.82 Å². The molecule has 86 valence electrons. The van der Waals surface area contributed by atoms with Crippen molar-refractivity contribution in [1.82, 2.24) is 4.57 Å². The van der Waals surface area contributed by atoms with Gasteiger partial charge >= 0.3 is 0 Å². The second-order valence-corrected chi connectivity index (χ2v) is 5.82. The summed E-state index contributed by atoms with van der Waals surface area (Å²) in [6.45, 7) is 4.37. The first-order valence-corrected chi connectivity index (χ1v) is 6.48. The molecule has 16 heavy (non-hydrogen) atoms. The van der Waals surface area contributed by atoms with Crippen LogP contribution in [0.15, 0.2) is 24.3 Å². The Kier molecular flexibility index (Phi) is 3.24. The summed E-state index contributed by atoms with van der Waals surface area (Å²) < 4.78 is 15.2. The van der Waals surface area contributed by atoms with Crippen molar-refractivity contribution in [3.63, 3.8) is 0 Å². The van der Waals surface area contributed by atoms with E-state index in [1.807, 2.05) is 24.9 Å². The SMILES string of the molecule is CC(C)SCc1cc2ccc(F)cc2n1C. The van der Waals surface area contributed by atoms with Gasteiger partial charge < -0.3 is 4.57 Å². The molecule has 1 aromatic carbocycles. The van der Waals surface area contributed by atoms with Crippen LogP contribution in [0, 0.1) is 5.82 Å². The first-order chi connectivity index (χ1) is 7.58. The van der Waals surface area contributed by atoms with Crippen LogP contribution in [0.25, 0.3) is 10.9 Å². The highest BCUT2D eigenvalue weighted by Gasteiger charge is 2.07. The van der Waals surface area contributed by atoms with Gasteiger partial charge in [-0.25, -0.2) is 4.39 Å². The lowest BCUT2D eigenvalue weighted by Crippen LogP contribution is -1.96. The number of hydrogen-bond acceptors (Lipinski definition) is 1. The molecule has 0 unspecified atom stereocenters. The highest BCUT2D eigenvalue weighted by Crippen LogP contribution is 2.24. The summed E-state index contributed by atoms with van der Waals surface area (Å²) in [5.41, 5.74) is 2.22. The number of fused-ring (bicyclic) bond motifs is 1. The van der Waals surface area contributed by atoms with Gasteiger partial charge in [-0.05, 0) is 29.5 Å². The van der Waals surface area contributed by atoms with E-state index in [0.29, 0.717) is 5.25 Å². The molecular formula is C13H16FNS. The zero-order valence-electron chi connectivity index (χ0n) is 9.83. The van der Waals surface area contributed by atoms with Crippen LogP contribution < -0.4 is 0 Å². The smallest absolute Gasteiger partial charge is 0.125 e. The molecule has 2 aromatic rings. The second-order valence-electron chi connectivity index (χ2n) is 4.26. The molecule has 0 amide bonds. The van der Waals surface area contributed by atoms with Crippen molar-refractivity contribution in [1.29, 1.82) is 0 Å². The van der Waals surface area contributed by atoms with E-state index < -0.39 is 0 Å². The van der Waals surface area contributed by atoms with Crippen LogP contribution in [-0.4, -0.2) is 9.82 Å². The molecule has 1 aromatic heterocycles. The molecule has 0 aliphatic carbocycles. The van der Waals surface area contributed by atoms with E-state index in [1.165, 1.54) is 11.8 Å². The first kappa shape index (κ1) is 11.5. The van der Waals surface area contributed by atoms with Crippen molar-refractivity contribution in [3.8, 4) is 0 Å². The van der Waals surface area contributed by atoms with Crippen LogP contribution in [-0.2, 0) is 12.8 Å². The molecule has 2 rings (SSSR count). The number of aryl methyl sites for hydroxylation is 1. The molecule has 0 fully saturated rings. The topological polar surface area (TPSA) is 4.93 Å². The van der Waals surface area contributed by atoms with Crippen molar-refractivity contribution in [2.75, 3.05) is 0 Å². The highest BCUT2D eigenvalue weighted by molar-refractivity contribution is 7.99. The van der Waals surface area contributed by atoms with Crippen molar-refractivity contribution >= 4 is 22.7 Å². The average Bonchev–Trinajstić information content (AvgIpc) is 2.53. The van der Waals surface area contributed by atoms with Crippen molar-refractivity contribution in [3.05, 3.63) is 35.8 Å². The van der Waals surface area contributed by atoms with E-state index in [4.69, 9.17) is 0 Å². The molecule has 0 aliphatic rings. The minimum atomic E-state index is -0.170. The first-order valence-electron chi connectivity index (χ1n) is 5.43. The molecular weight excluding hydrogens is 221 g/mol. The third-order valence-corrected chi connectivity index (χ3v) is 3.80. The standard InChI is InChI=1S/C13H16FNS/c1-9(2)16-8-12-6-10-4-5-11(14)7-13(10)15(12)3/h4-7,9H,8H2,1-3H3. The Morgan fingerprint density at radius 3 is 2.75 bits per heavy atom. The quantitative estimate of drug-likeness (QED) is 0.782. The van der Waals surface area contributed by atoms with Crippen molar-refractivity contribution in [2.45, 2.75) is 24.9 Å². The van der Waals surface area contributed by atoms with Crippen LogP contribution in [0.4, 0.5) is 4.39 Å². The van der Waals surface area contributed by atoms with E-state index in [0.717, 1.165) is 16.7 Å². The van der Waals surface area contributed by atoms with Gasteiger partial charge in [-0.15, -0.1) is 0 Å². The fourth-order valence-electron chi connectivity index (χ4n) is 1.75. The fourth-order valence-corrected chi connectivity index (χ4v) is 2.53. The summed E-state index contributed by atoms with van der Waals surface area (Å²) in [6, 6.07) is 7.10. The number of hydrogen-bond donors (Lipinski definition) is 0. The molecule has 3 heteroatoms. The zero-order valence-corrected chi connectivity index (χ0v) is 10.6. The molecule has 0 radical (unpaired) electrons. The maximum atomic E-state index is 13.1. The number of nitrogens with zero attached hydrogens (tertiary/aromatic N) is 1. The van der Waals surface area contributed by atoms with Crippen LogP contribution in [0.1, 0.15) is 19.5 Å². The maximum Gasteiger partial charge on any atom is 0.125 e. The minimum absolute atomic E-state index is 0.170. The number of benzene rings is 1. The minimum Gasteiger partial charge on any atom is -0.347 e. The Morgan fingerprint density at radius 1 is 1.31 bits per heavy atom. The summed E-state index contributed by atoms with van der Waals surface area (Å²) >= 11 is 1.90. The van der Waals surface area contributed by atoms with E-state index in [2.05, 4.69) is 24.5 Å². The summed E-state index contributed by atoms with van der Waals surface area (Å²) in [6.07, 6.45) is 0. The monoisotopic (exact) mass is 237 g/mol. The van der Waals surface area contributed by atoms with Crippen LogP contribution >= 0.6 is 11.8 Å². The predicted octanol–water partition coefficient (Wildman–Crippen LogP) is 3.96. The van der Waals surface area contributed by atoms with E-state index in [9.17, 15) is 4.39 Å². The molecule has 0 aliphatic heterocycles. The van der Waals surface area contributed by atoms with Crippen LogP contribution in [0.2, 0.25) is 0 Å². The fraction of sp³-hybridized carbons (Fsp3) is 0.385. The third-order valence-electron chi connectivity index (χ3n) is 2.67. The second kappa shape index (κ2) is 4.50. The molecule has 0 saturated carbocycles. The van der Waals surface area contributed by atoms with Gasteiger partial charge in [-0.3, -0.25) is 0 Å². The van der Waals surface area contributed by atoms with Crippen molar-refractivity contribution < 1.29 is 4.39 Å². The Morgan fingerprint density at radius 2 is 2.06 bits per heavy atom. The number of thioether (sulfide) groups is 1. The molecule has 0 spiro atoms. The van der Waals surface area contributed by atoms with Crippen LogP contribution in [0.5, 0.6) is 0 Å². The van der Waals surface area contributed by atoms with Gasteiger partial charge in [0, 0.05) is 23.9 Å². The van der Waals surface area contributed by atoms with Crippen LogP contribution in [0.3, 0.4) is 0 Å². The lowest BCUT2D eigenvalue weighted by atomic mass is 10.2. The summed E-state index contributed by atoms with van der Waals surface area (Å²) in [5, 5.41) is 1.73. The zero-order chi connectivity index (χ0) is 11.7. The lowest BCUT2D eigenvalue weighted by molar-refractivity contribution is 0.629. The van der Waals surface area contributed by atoms with Gasteiger partial charge in [0.2, 0.25) is 0 Å². The Bertz CT molecular complexity index is 502. The Labute approximate surface area is 99.6 Å². The molecule has 0 atom stereocenters. The maximum absolute atomic E-state index is 13.1. The molecule has 0 N–H and O–H groups in total. The largest absolute Gasteiger partial charge is 0.347 e. The Balaban J connectivity index is 2.36. The average molecular weight is 237 g/mol. The molecule has 1 nitrogen and oxygen atoms in total. The molecule has 0 saturated heterocycles. The van der Waals surface area contributed by atoms with Gasteiger partial charge in [0.05, 0.1) is 5.52 Å². The summed E-state index contributed by atoms with van der Waals surface area (Å²) in [7, 11) is 2.00. The van der Waals surface area contributed by atoms with E-state index >= 15 is 0 Å². The number of halogens is 1. The van der Waals surface area contributed by atoms with Gasteiger partial charge in [-0.2, -0.15) is 11.8 Å². The number of aromatic nitrogens is 1. The predicted molar refractivity (Wildman–Crippen MR) is 69.3 cm³/mol. The Hall–Kier alpha value is -0.960. The summed E-state index contributed by atoms with van der Waals surface area (Å²) in [5.74, 6) is 0.807. The van der Waals surface area contributed by atoms with Gasteiger partial charge in [-0.1, -0.05) is 13.8 Å². The molecule has 1 heterocycles.